The second kappa shape index (κ2) is 8.58. The van der Waals surface area contributed by atoms with Crippen molar-refractivity contribution in [3.8, 4) is 11.5 Å². The van der Waals surface area contributed by atoms with Gasteiger partial charge in [-0.15, -0.1) is 0 Å². The minimum Gasteiger partial charge on any atom is -0.490 e. The van der Waals surface area contributed by atoms with Gasteiger partial charge in [-0.1, -0.05) is 37.3 Å². The lowest BCUT2D eigenvalue weighted by molar-refractivity contribution is -0.138. The molecule has 0 aromatic heterocycles. The van der Waals surface area contributed by atoms with Crippen molar-refractivity contribution in [1.82, 2.24) is 0 Å². The Morgan fingerprint density at radius 3 is 2.30 bits per heavy atom. The maximum atomic E-state index is 12.5. The standard InChI is InChI=1S/C23H24O4/c1-4-18-15-21(22(16(3)26-18)23(24)25-5-2)17-11-13-20(14-12-17)27-19-9-7-6-8-10-19/h6-15,18H,4-5H2,1-3H3. The molecule has 27 heavy (non-hydrogen) atoms. The van der Waals surface area contributed by atoms with Gasteiger partial charge in [0.1, 0.15) is 28.9 Å². The van der Waals surface area contributed by atoms with Gasteiger partial charge in [-0.05, 0) is 61.7 Å². The molecule has 1 atom stereocenters. The van der Waals surface area contributed by atoms with Crippen molar-refractivity contribution < 1.29 is 19.0 Å². The minimum absolute atomic E-state index is 0.0570. The third kappa shape index (κ3) is 4.40. The van der Waals surface area contributed by atoms with Crippen molar-refractivity contribution in [3.63, 3.8) is 0 Å². The zero-order valence-electron chi connectivity index (χ0n) is 15.9. The van der Waals surface area contributed by atoms with Crippen LogP contribution in [0.25, 0.3) is 5.57 Å². The number of ether oxygens (including phenoxy) is 3. The predicted molar refractivity (Wildman–Crippen MR) is 105 cm³/mol. The van der Waals surface area contributed by atoms with Crippen LogP contribution in [0.15, 0.2) is 72.0 Å². The monoisotopic (exact) mass is 364 g/mol. The van der Waals surface area contributed by atoms with Crippen LogP contribution in [0.4, 0.5) is 0 Å². The molecule has 3 rings (SSSR count). The van der Waals surface area contributed by atoms with Crippen LogP contribution in [0.3, 0.4) is 0 Å². The molecule has 0 radical (unpaired) electrons. The van der Waals surface area contributed by atoms with Crippen molar-refractivity contribution in [2.75, 3.05) is 6.61 Å². The molecule has 140 valence electrons. The van der Waals surface area contributed by atoms with Crippen molar-refractivity contribution >= 4 is 11.5 Å². The fourth-order valence-electron chi connectivity index (χ4n) is 3.00. The van der Waals surface area contributed by atoms with Gasteiger partial charge in [0.2, 0.25) is 0 Å². The maximum Gasteiger partial charge on any atom is 0.342 e. The largest absolute Gasteiger partial charge is 0.490 e. The Morgan fingerprint density at radius 1 is 1.00 bits per heavy atom. The van der Waals surface area contributed by atoms with Gasteiger partial charge in [0.15, 0.2) is 0 Å². The molecule has 1 aliphatic rings. The van der Waals surface area contributed by atoms with Crippen molar-refractivity contribution in [1.29, 1.82) is 0 Å². The van der Waals surface area contributed by atoms with Crippen LogP contribution in [-0.4, -0.2) is 18.7 Å². The van der Waals surface area contributed by atoms with E-state index in [1.807, 2.05) is 67.6 Å². The molecule has 0 fully saturated rings. The predicted octanol–water partition coefficient (Wildman–Crippen LogP) is 5.51. The van der Waals surface area contributed by atoms with Gasteiger partial charge in [-0.25, -0.2) is 4.79 Å². The topological polar surface area (TPSA) is 44.8 Å². The molecule has 4 heteroatoms. The number of benzene rings is 2. The van der Waals surface area contributed by atoms with E-state index < -0.39 is 0 Å². The second-order valence-corrected chi connectivity index (χ2v) is 6.24. The molecule has 0 saturated heterocycles. The minimum atomic E-state index is -0.361. The normalized spacial score (nSPS) is 16.4. The van der Waals surface area contributed by atoms with E-state index in [0.29, 0.717) is 17.9 Å². The quantitative estimate of drug-likeness (QED) is 0.634. The van der Waals surface area contributed by atoms with E-state index in [2.05, 4.69) is 6.92 Å². The molecule has 0 saturated carbocycles. The lowest BCUT2D eigenvalue weighted by Crippen LogP contribution is -2.20. The first-order chi connectivity index (χ1) is 13.1. The van der Waals surface area contributed by atoms with Gasteiger partial charge in [0.25, 0.3) is 0 Å². The highest BCUT2D eigenvalue weighted by Gasteiger charge is 2.27. The Balaban J connectivity index is 1.89. The number of hydrogen-bond donors (Lipinski definition) is 0. The Morgan fingerprint density at radius 2 is 1.67 bits per heavy atom. The molecule has 1 aliphatic heterocycles. The highest BCUT2D eigenvalue weighted by atomic mass is 16.5. The molecule has 2 aromatic rings. The van der Waals surface area contributed by atoms with Crippen LogP contribution in [0.2, 0.25) is 0 Å². The Labute approximate surface area is 160 Å². The molecular weight excluding hydrogens is 340 g/mol. The molecule has 1 unspecified atom stereocenters. The summed E-state index contributed by atoms with van der Waals surface area (Å²) >= 11 is 0. The molecular formula is C23H24O4. The van der Waals surface area contributed by atoms with E-state index in [4.69, 9.17) is 14.2 Å². The van der Waals surface area contributed by atoms with Crippen LogP contribution in [0.5, 0.6) is 11.5 Å². The highest BCUT2D eigenvalue weighted by molar-refractivity contribution is 6.07. The summed E-state index contributed by atoms with van der Waals surface area (Å²) in [6.45, 7) is 5.99. The van der Waals surface area contributed by atoms with E-state index >= 15 is 0 Å². The van der Waals surface area contributed by atoms with E-state index in [1.165, 1.54) is 0 Å². The molecule has 0 aliphatic carbocycles. The third-order valence-corrected chi connectivity index (χ3v) is 4.33. The fraction of sp³-hybridized carbons (Fsp3) is 0.261. The van der Waals surface area contributed by atoms with Crippen molar-refractivity contribution in [3.05, 3.63) is 77.6 Å². The number of carbonyl (C=O) groups is 1. The average molecular weight is 364 g/mol. The van der Waals surface area contributed by atoms with E-state index in [-0.39, 0.29) is 12.1 Å². The zero-order valence-corrected chi connectivity index (χ0v) is 15.9. The number of allylic oxidation sites excluding steroid dienone is 1. The average Bonchev–Trinajstić information content (AvgIpc) is 2.69. The first-order valence-corrected chi connectivity index (χ1v) is 9.22. The molecule has 0 spiro atoms. The Bertz CT molecular complexity index is 848. The smallest absolute Gasteiger partial charge is 0.342 e. The number of para-hydroxylation sites is 1. The van der Waals surface area contributed by atoms with Crippen LogP contribution >= 0.6 is 0 Å². The van der Waals surface area contributed by atoms with Gasteiger partial charge >= 0.3 is 5.97 Å². The summed E-state index contributed by atoms with van der Waals surface area (Å²) in [5.41, 5.74) is 2.26. The maximum absolute atomic E-state index is 12.5. The van der Waals surface area contributed by atoms with E-state index in [9.17, 15) is 4.79 Å². The SMILES string of the molecule is CCOC(=O)C1=C(C)OC(CC)C=C1c1ccc(Oc2ccccc2)cc1. The van der Waals surface area contributed by atoms with Crippen molar-refractivity contribution in [2.45, 2.75) is 33.3 Å². The van der Waals surface area contributed by atoms with Crippen LogP contribution in [0, 0.1) is 0 Å². The summed E-state index contributed by atoms with van der Waals surface area (Å²) in [6, 6.07) is 17.3. The number of hydrogen-bond acceptors (Lipinski definition) is 4. The molecule has 0 amide bonds. The zero-order chi connectivity index (χ0) is 19.2. The second-order valence-electron chi connectivity index (χ2n) is 6.24. The van der Waals surface area contributed by atoms with Gasteiger partial charge in [-0.3, -0.25) is 0 Å². The Hall–Kier alpha value is -3.01. The van der Waals surface area contributed by atoms with Crippen LogP contribution in [0.1, 0.15) is 32.8 Å². The molecule has 0 N–H and O–H groups in total. The molecule has 0 bridgehead atoms. The first-order valence-electron chi connectivity index (χ1n) is 9.22. The lowest BCUT2D eigenvalue weighted by Gasteiger charge is -2.25. The van der Waals surface area contributed by atoms with Crippen LogP contribution in [-0.2, 0) is 14.3 Å². The van der Waals surface area contributed by atoms with Gasteiger partial charge in [0, 0.05) is 0 Å². The highest BCUT2D eigenvalue weighted by Crippen LogP contribution is 2.34. The summed E-state index contributed by atoms with van der Waals surface area (Å²) in [4.78, 5) is 12.5. The lowest BCUT2D eigenvalue weighted by atomic mass is 9.93. The number of carbonyl (C=O) groups excluding carboxylic acids is 1. The third-order valence-electron chi connectivity index (χ3n) is 4.33. The molecule has 4 nitrogen and oxygen atoms in total. The summed E-state index contributed by atoms with van der Waals surface area (Å²) < 4.78 is 16.9. The summed E-state index contributed by atoms with van der Waals surface area (Å²) in [6.07, 6.45) is 2.76. The summed E-state index contributed by atoms with van der Waals surface area (Å²) in [5, 5.41) is 0. The number of esters is 1. The summed E-state index contributed by atoms with van der Waals surface area (Å²) in [5.74, 6) is 1.76. The molecule has 1 heterocycles. The Kier molecular flexibility index (Phi) is 5.97. The first kappa shape index (κ1) is 18.8. The van der Waals surface area contributed by atoms with E-state index in [0.717, 1.165) is 29.1 Å². The fourth-order valence-corrected chi connectivity index (χ4v) is 3.00. The van der Waals surface area contributed by atoms with Crippen molar-refractivity contribution in [2.24, 2.45) is 0 Å². The molecule has 2 aromatic carbocycles. The van der Waals surface area contributed by atoms with Crippen LogP contribution < -0.4 is 4.74 Å². The van der Waals surface area contributed by atoms with Gasteiger partial charge in [-0.2, -0.15) is 0 Å². The van der Waals surface area contributed by atoms with E-state index in [1.54, 1.807) is 6.92 Å². The van der Waals surface area contributed by atoms with Gasteiger partial charge in [0.05, 0.1) is 6.61 Å². The van der Waals surface area contributed by atoms with Gasteiger partial charge < -0.3 is 14.2 Å². The summed E-state index contributed by atoms with van der Waals surface area (Å²) in [7, 11) is 0. The number of rotatable bonds is 6.